The Morgan fingerprint density at radius 1 is 1.18 bits per heavy atom. The molecule has 0 amide bonds. The Balaban J connectivity index is 0.000000847. The Labute approximate surface area is 131 Å². The maximum Gasteiger partial charge on any atom is 0.181 e. The van der Waals surface area contributed by atoms with Crippen molar-refractivity contribution in [3.05, 3.63) is 42.2 Å². The lowest BCUT2D eigenvalue weighted by Crippen LogP contribution is -2.19. The summed E-state index contributed by atoms with van der Waals surface area (Å²) >= 11 is 0. The molecule has 0 bridgehead atoms. The molecule has 0 fully saturated rings. The number of nitrogens with zero attached hydrogens (tertiary/aromatic N) is 3. The zero-order valence-corrected chi connectivity index (χ0v) is 13.3. The molecule has 0 radical (unpaired) electrons. The van der Waals surface area contributed by atoms with Gasteiger partial charge in [0.15, 0.2) is 5.82 Å². The molecule has 0 atom stereocenters. The number of benzene rings is 1. The minimum Gasteiger partial charge on any atom is -0.394 e. The number of hydrogen-bond donors (Lipinski definition) is 2. The lowest BCUT2D eigenvalue weighted by atomic mass is 9.99. The second-order valence-electron chi connectivity index (χ2n) is 4.82. The first kappa shape index (κ1) is 16.4. The van der Waals surface area contributed by atoms with Gasteiger partial charge in [0, 0.05) is 12.1 Å². The summed E-state index contributed by atoms with van der Waals surface area (Å²) in [4.78, 5) is 4.26. The molecule has 0 spiro atoms. The standard InChI is InChI=1S/C15H18N4O.C2H6/c20-10-9-19-11-17-15(18-19)14-3-1-12(2-4-14)13-5-7-16-8-6-13;1-2/h1-5,11,16,20H,6-10H2;1-2H3. The Morgan fingerprint density at radius 2 is 1.91 bits per heavy atom. The van der Waals surface area contributed by atoms with Crippen LogP contribution in [-0.2, 0) is 6.54 Å². The largest absolute Gasteiger partial charge is 0.394 e. The van der Waals surface area contributed by atoms with Crippen molar-refractivity contribution in [1.29, 1.82) is 0 Å². The van der Waals surface area contributed by atoms with E-state index in [4.69, 9.17) is 5.11 Å². The van der Waals surface area contributed by atoms with E-state index in [0.29, 0.717) is 12.4 Å². The van der Waals surface area contributed by atoms with E-state index in [0.717, 1.165) is 25.1 Å². The predicted octanol–water partition coefficient (Wildman–Crippen LogP) is 2.34. The first-order valence-corrected chi connectivity index (χ1v) is 7.88. The summed E-state index contributed by atoms with van der Waals surface area (Å²) in [7, 11) is 0. The van der Waals surface area contributed by atoms with Gasteiger partial charge in [-0.2, -0.15) is 5.10 Å². The molecule has 118 valence electrons. The van der Waals surface area contributed by atoms with Crippen molar-refractivity contribution in [2.45, 2.75) is 26.8 Å². The molecule has 1 aliphatic rings. The Bertz CT molecular complexity index is 601. The van der Waals surface area contributed by atoms with Gasteiger partial charge in [-0.3, -0.25) is 4.68 Å². The number of rotatable bonds is 4. The van der Waals surface area contributed by atoms with Crippen LogP contribution in [0.1, 0.15) is 25.8 Å². The van der Waals surface area contributed by atoms with Crippen LogP contribution in [-0.4, -0.2) is 39.6 Å². The third-order valence-corrected chi connectivity index (χ3v) is 3.44. The third-order valence-electron chi connectivity index (χ3n) is 3.44. The summed E-state index contributed by atoms with van der Waals surface area (Å²) in [6, 6.07) is 8.35. The SMILES string of the molecule is CC.OCCn1cnc(-c2ccc(C3=CCNCC3)cc2)n1. The molecule has 22 heavy (non-hydrogen) atoms. The van der Waals surface area contributed by atoms with Crippen molar-refractivity contribution < 1.29 is 5.11 Å². The minimum absolute atomic E-state index is 0.0733. The summed E-state index contributed by atoms with van der Waals surface area (Å²) in [5.74, 6) is 0.698. The molecule has 0 unspecified atom stereocenters. The molecule has 1 aliphatic heterocycles. The Kier molecular flexibility index (Phi) is 6.30. The molecule has 5 nitrogen and oxygen atoms in total. The van der Waals surface area contributed by atoms with E-state index in [9.17, 15) is 0 Å². The lowest BCUT2D eigenvalue weighted by molar-refractivity contribution is 0.269. The van der Waals surface area contributed by atoms with Gasteiger partial charge in [-0.1, -0.05) is 44.2 Å². The second-order valence-corrected chi connectivity index (χ2v) is 4.82. The van der Waals surface area contributed by atoms with Crippen LogP contribution in [0.15, 0.2) is 36.7 Å². The van der Waals surface area contributed by atoms with Crippen molar-refractivity contribution in [2.24, 2.45) is 0 Å². The molecular weight excluding hydrogens is 276 g/mol. The lowest BCUT2D eigenvalue weighted by Gasteiger charge is -2.14. The molecule has 2 aromatic rings. The van der Waals surface area contributed by atoms with E-state index in [-0.39, 0.29) is 6.61 Å². The first-order chi connectivity index (χ1) is 10.9. The molecule has 3 rings (SSSR count). The van der Waals surface area contributed by atoms with Crippen molar-refractivity contribution in [3.8, 4) is 11.4 Å². The normalized spacial score (nSPS) is 14.0. The number of aliphatic hydroxyl groups is 1. The van der Waals surface area contributed by atoms with Gasteiger partial charge in [-0.25, -0.2) is 4.98 Å². The number of aliphatic hydroxyl groups excluding tert-OH is 1. The zero-order chi connectivity index (χ0) is 15.8. The number of nitrogens with one attached hydrogen (secondary N) is 1. The first-order valence-electron chi connectivity index (χ1n) is 7.88. The van der Waals surface area contributed by atoms with Gasteiger partial charge in [-0.15, -0.1) is 0 Å². The van der Waals surface area contributed by atoms with Crippen LogP contribution < -0.4 is 5.32 Å². The molecule has 5 heteroatoms. The molecule has 1 aromatic carbocycles. The van der Waals surface area contributed by atoms with E-state index in [2.05, 4.69) is 45.7 Å². The maximum atomic E-state index is 8.88. The molecule has 0 aliphatic carbocycles. The summed E-state index contributed by atoms with van der Waals surface area (Å²) in [6.45, 7) is 6.54. The molecule has 0 saturated heterocycles. The summed E-state index contributed by atoms with van der Waals surface area (Å²) in [6.07, 6.45) is 4.96. The zero-order valence-electron chi connectivity index (χ0n) is 13.3. The van der Waals surface area contributed by atoms with E-state index >= 15 is 0 Å². The second kappa shape index (κ2) is 8.46. The minimum atomic E-state index is 0.0733. The fourth-order valence-electron chi connectivity index (χ4n) is 2.36. The van der Waals surface area contributed by atoms with Gasteiger partial charge in [0.25, 0.3) is 0 Å². The third kappa shape index (κ3) is 4.02. The average Bonchev–Trinajstić information content (AvgIpc) is 3.07. The van der Waals surface area contributed by atoms with Gasteiger partial charge >= 0.3 is 0 Å². The van der Waals surface area contributed by atoms with E-state index in [1.165, 1.54) is 11.1 Å². The average molecular weight is 300 g/mol. The fourth-order valence-corrected chi connectivity index (χ4v) is 2.36. The van der Waals surface area contributed by atoms with E-state index < -0.39 is 0 Å². The molecular formula is C17H24N4O. The van der Waals surface area contributed by atoms with Crippen molar-refractivity contribution in [3.63, 3.8) is 0 Å². The van der Waals surface area contributed by atoms with Gasteiger partial charge in [0.1, 0.15) is 6.33 Å². The van der Waals surface area contributed by atoms with Crippen LogP contribution in [0.2, 0.25) is 0 Å². The van der Waals surface area contributed by atoms with Crippen LogP contribution in [0.5, 0.6) is 0 Å². The molecule has 0 saturated carbocycles. The molecule has 1 aromatic heterocycles. The summed E-state index contributed by atoms with van der Waals surface area (Å²) in [5, 5.41) is 16.5. The smallest absolute Gasteiger partial charge is 0.181 e. The van der Waals surface area contributed by atoms with Crippen LogP contribution >= 0.6 is 0 Å². The highest BCUT2D eigenvalue weighted by molar-refractivity contribution is 5.69. The highest BCUT2D eigenvalue weighted by atomic mass is 16.3. The van der Waals surface area contributed by atoms with Crippen LogP contribution in [0, 0.1) is 0 Å². The molecule has 2 N–H and O–H groups in total. The van der Waals surface area contributed by atoms with Crippen molar-refractivity contribution >= 4 is 5.57 Å². The van der Waals surface area contributed by atoms with Gasteiger partial charge in [0.05, 0.1) is 13.2 Å². The highest BCUT2D eigenvalue weighted by Crippen LogP contribution is 2.22. The summed E-state index contributed by atoms with van der Waals surface area (Å²) < 4.78 is 1.65. The van der Waals surface area contributed by atoms with Gasteiger partial charge < -0.3 is 10.4 Å². The van der Waals surface area contributed by atoms with Crippen LogP contribution in [0.3, 0.4) is 0 Å². The van der Waals surface area contributed by atoms with Crippen molar-refractivity contribution in [1.82, 2.24) is 20.1 Å². The maximum absolute atomic E-state index is 8.88. The van der Waals surface area contributed by atoms with E-state index in [1.54, 1.807) is 11.0 Å². The Morgan fingerprint density at radius 3 is 2.55 bits per heavy atom. The van der Waals surface area contributed by atoms with Crippen LogP contribution in [0.4, 0.5) is 0 Å². The van der Waals surface area contributed by atoms with Gasteiger partial charge in [0.2, 0.25) is 0 Å². The highest BCUT2D eigenvalue weighted by Gasteiger charge is 2.08. The number of aromatic nitrogens is 3. The van der Waals surface area contributed by atoms with Crippen molar-refractivity contribution in [2.75, 3.05) is 19.7 Å². The molecule has 2 heterocycles. The number of hydrogen-bond acceptors (Lipinski definition) is 4. The quantitative estimate of drug-likeness (QED) is 0.910. The van der Waals surface area contributed by atoms with Gasteiger partial charge in [-0.05, 0) is 24.1 Å². The fraction of sp³-hybridized carbons (Fsp3) is 0.412. The monoisotopic (exact) mass is 300 g/mol. The van der Waals surface area contributed by atoms with Crippen LogP contribution in [0.25, 0.3) is 17.0 Å². The predicted molar refractivity (Wildman–Crippen MR) is 89.4 cm³/mol. The van der Waals surface area contributed by atoms with E-state index in [1.807, 2.05) is 13.8 Å². The topological polar surface area (TPSA) is 63.0 Å². The summed E-state index contributed by atoms with van der Waals surface area (Å²) in [5.41, 5.74) is 3.67. The Hall–Kier alpha value is -1.98.